The maximum absolute atomic E-state index is 3.81. The van der Waals surface area contributed by atoms with Gasteiger partial charge < -0.3 is 5.32 Å². The smallest absolute Gasteiger partial charge is 0.0265 e. The zero-order chi connectivity index (χ0) is 14.7. The molecule has 1 aliphatic carbocycles. The summed E-state index contributed by atoms with van der Waals surface area (Å²) >= 11 is 0. The molecule has 0 aromatic heterocycles. The van der Waals surface area contributed by atoms with Crippen molar-refractivity contribution < 1.29 is 0 Å². The van der Waals surface area contributed by atoms with Gasteiger partial charge in [0.2, 0.25) is 0 Å². The van der Waals surface area contributed by atoms with Crippen molar-refractivity contribution >= 4 is 0 Å². The van der Waals surface area contributed by atoms with E-state index in [1.54, 1.807) is 0 Å². The molecule has 0 radical (unpaired) electrons. The first-order valence-electron chi connectivity index (χ1n) is 8.37. The highest BCUT2D eigenvalue weighted by molar-refractivity contribution is 5.17. The van der Waals surface area contributed by atoms with E-state index in [9.17, 15) is 0 Å². The summed E-state index contributed by atoms with van der Waals surface area (Å²) in [5, 5.41) is 3.81. The average molecular weight is 284 g/mol. The first-order chi connectivity index (χ1) is 10.2. The van der Waals surface area contributed by atoms with E-state index in [2.05, 4.69) is 60.5 Å². The topological polar surface area (TPSA) is 15.3 Å². The Bertz CT molecular complexity index is 472. The second-order valence-corrected chi connectivity index (χ2v) is 6.93. The fourth-order valence-corrected chi connectivity index (χ4v) is 3.31. The molecular weight excluding hydrogens is 256 g/mol. The van der Waals surface area contributed by atoms with Crippen molar-refractivity contribution in [2.75, 3.05) is 19.6 Å². The molecule has 1 N–H and O–H groups in total. The molecule has 2 aliphatic rings. The molecule has 0 spiro atoms. The number of allylic oxidation sites excluding steroid dienone is 1. The molecule has 2 unspecified atom stereocenters. The molecule has 2 nitrogen and oxygen atoms in total. The molecule has 0 bridgehead atoms. The van der Waals surface area contributed by atoms with E-state index in [0.29, 0.717) is 6.04 Å². The fraction of sp³-hybridized carbons (Fsp3) is 0.579. The number of nitrogens with one attached hydrogen (secondary N) is 1. The zero-order valence-corrected chi connectivity index (χ0v) is 13.4. The molecule has 2 heteroatoms. The van der Waals surface area contributed by atoms with Crippen molar-refractivity contribution in [3.8, 4) is 0 Å². The fourth-order valence-electron chi connectivity index (χ4n) is 3.31. The molecule has 1 heterocycles. The van der Waals surface area contributed by atoms with Crippen LogP contribution in [0.25, 0.3) is 0 Å². The maximum Gasteiger partial charge on any atom is 0.0265 e. The SMILES string of the molecule is CC(C)=CCN1CC(C2CC2)NCC1Cc1ccccc1. The van der Waals surface area contributed by atoms with Crippen LogP contribution in [-0.4, -0.2) is 36.6 Å². The van der Waals surface area contributed by atoms with Gasteiger partial charge in [0.25, 0.3) is 0 Å². The minimum absolute atomic E-state index is 0.623. The van der Waals surface area contributed by atoms with Gasteiger partial charge in [-0.05, 0) is 44.6 Å². The van der Waals surface area contributed by atoms with Crippen molar-refractivity contribution in [1.29, 1.82) is 0 Å². The molecule has 1 saturated carbocycles. The van der Waals surface area contributed by atoms with E-state index in [0.717, 1.165) is 31.5 Å². The molecule has 3 rings (SSSR count). The lowest BCUT2D eigenvalue weighted by atomic mass is 9.99. The summed E-state index contributed by atoms with van der Waals surface area (Å²) < 4.78 is 0. The predicted molar refractivity (Wildman–Crippen MR) is 89.5 cm³/mol. The molecule has 1 aromatic rings. The highest BCUT2D eigenvalue weighted by atomic mass is 15.2. The summed E-state index contributed by atoms with van der Waals surface area (Å²) in [6.07, 6.45) is 6.39. The Morgan fingerprint density at radius 2 is 2.00 bits per heavy atom. The van der Waals surface area contributed by atoms with Crippen molar-refractivity contribution in [1.82, 2.24) is 10.2 Å². The van der Waals surface area contributed by atoms with Gasteiger partial charge >= 0.3 is 0 Å². The minimum Gasteiger partial charge on any atom is -0.311 e. The van der Waals surface area contributed by atoms with Gasteiger partial charge in [0.15, 0.2) is 0 Å². The van der Waals surface area contributed by atoms with Crippen LogP contribution in [0.15, 0.2) is 42.0 Å². The summed E-state index contributed by atoms with van der Waals surface area (Å²) in [7, 11) is 0. The van der Waals surface area contributed by atoms with E-state index < -0.39 is 0 Å². The highest BCUT2D eigenvalue weighted by Crippen LogP contribution is 2.34. The van der Waals surface area contributed by atoms with Gasteiger partial charge in [0, 0.05) is 31.7 Å². The van der Waals surface area contributed by atoms with Crippen LogP contribution in [0.3, 0.4) is 0 Å². The van der Waals surface area contributed by atoms with Crippen molar-refractivity contribution in [3.63, 3.8) is 0 Å². The molecule has 2 atom stereocenters. The van der Waals surface area contributed by atoms with E-state index >= 15 is 0 Å². The Morgan fingerprint density at radius 3 is 2.67 bits per heavy atom. The summed E-state index contributed by atoms with van der Waals surface area (Å²) in [5.41, 5.74) is 2.88. The van der Waals surface area contributed by atoms with Gasteiger partial charge in [-0.3, -0.25) is 4.90 Å². The molecule has 1 aliphatic heterocycles. The van der Waals surface area contributed by atoms with Crippen LogP contribution in [0.2, 0.25) is 0 Å². The van der Waals surface area contributed by atoms with Crippen LogP contribution in [0.4, 0.5) is 0 Å². The molecule has 1 saturated heterocycles. The number of rotatable bonds is 5. The molecule has 0 amide bonds. The molecule has 2 fully saturated rings. The Morgan fingerprint density at radius 1 is 1.24 bits per heavy atom. The van der Waals surface area contributed by atoms with E-state index in [1.807, 2.05) is 0 Å². The lowest BCUT2D eigenvalue weighted by Crippen LogP contribution is -2.57. The van der Waals surface area contributed by atoms with Gasteiger partial charge in [0.1, 0.15) is 0 Å². The largest absolute Gasteiger partial charge is 0.311 e. The Labute approximate surface area is 129 Å². The second kappa shape index (κ2) is 6.76. The van der Waals surface area contributed by atoms with Crippen LogP contribution >= 0.6 is 0 Å². The average Bonchev–Trinajstić information content (AvgIpc) is 3.32. The van der Waals surface area contributed by atoms with Gasteiger partial charge in [0.05, 0.1) is 0 Å². The summed E-state index contributed by atoms with van der Waals surface area (Å²) in [6, 6.07) is 12.3. The summed E-state index contributed by atoms with van der Waals surface area (Å²) in [6.45, 7) is 7.85. The first-order valence-corrected chi connectivity index (χ1v) is 8.37. The quantitative estimate of drug-likeness (QED) is 0.835. The van der Waals surface area contributed by atoms with Crippen molar-refractivity contribution in [2.24, 2.45) is 5.92 Å². The van der Waals surface area contributed by atoms with E-state index in [4.69, 9.17) is 0 Å². The molecule has 21 heavy (non-hydrogen) atoms. The maximum atomic E-state index is 3.81. The third-order valence-corrected chi connectivity index (χ3v) is 4.80. The third-order valence-electron chi connectivity index (χ3n) is 4.80. The number of hydrogen-bond donors (Lipinski definition) is 1. The molecule has 114 valence electrons. The van der Waals surface area contributed by atoms with E-state index in [1.165, 1.54) is 30.5 Å². The number of hydrogen-bond acceptors (Lipinski definition) is 2. The standard InChI is InChI=1S/C19H28N2/c1-15(2)10-11-21-14-19(17-8-9-17)20-13-18(21)12-16-6-4-3-5-7-16/h3-7,10,17-20H,8-9,11-14H2,1-2H3. The normalized spacial score (nSPS) is 26.6. The van der Waals surface area contributed by atoms with E-state index in [-0.39, 0.29) is 0 Å². The predicted octanol–water partition coefficient (Wildman–Crippen LogP) is 3.25. The van der Waals surface area contributed by atoms with Crippen LogP contribution in [0.1, 0.15) is 32.3 Å². The molecule has 1 aromatic carbocycles. The first kappa shape index (κ1) is 14.8. The van der Waals surface area contributed by atoms with Gasteiger partial charge in [-0.2, -0.15) is 0 Å². The van der Waals surface area contributed by atoms with Crippen molar-refractivity contribution in [3.05, 3.63) is 47.5 Å². The second-order valence-electron chi connectivity index (χ2n) is 6.93. The summed E-state index contributed by atoms with van der Waals surface area (Å²) in [4.78, 5) is 2.69. The minimum atomic E-state index is 0.623. The highest BCUT2D eigenvalue weighted by Gasteiger charge is 2.36. The number of benzene rings is 1. The Hall–Kier alpha value is -1.12. The number of nitrogens with zero attached hydrogens (tertiary/aromatic N) is 1. The van der Waals surface area contributed by atoms with Gasteiger partial charge in [-0.1, -0.05) is 42.0 Å². The summed E-state index contributed by atoms with van der Waals surface area (Å²) in [5.74, 6) is 0.942. The van der Waals surface area contributed by atoms with Crippen LogP contribution in [0, 0.1) is 5.92 Å². The number of piperazine rings is 1. The van der Waals surface area contributed by atoms with Gasteiger partial charge in [-0.25, -0.2) is 0 Å². The van der Waals surface area contributed by atoms with Crippen LogP contribution < -0.4 is 5.32 Å². The van der Waals surface area contributed by atoms with Crippen LogP contribution in [-0.2, 0) is 6.42 Å². The Kier molecular flexibility index (Phi) is 4.77. The lowest BCUT2D eigenvalue weighted by molar-refractivity contribution is 0.135. The third kappa shape index (κ3) is 4.18. The monoisotopic (exact) mass is 284 g/mol. The van der Waals surface area contributed by atoms with Gasteiger partial charge in [-0.15, -0.1) is 0 Å². The van der Waals surface area contributed by atoms with Crippen LogP contribution in [0.5, 0.6) is 0 Å². The Balaban J connectivity index is 1.66. The molecular formula is C19H28N2. The van der Waals surface area contributed by atoms with Crippen molar-refractivity contribution in [2.45, 2.75) is 45.2 Å². The lowest BCUT2D eigenvalue weighted by Gasteiger charge is -2.40. The zero-order valence-electron chi connectivity index (χ0n) is 13.4.